The van der Waals surface area contributed by atoms with E-state index in [2.05, 4.69) is 20.8 Å². The fraction of sp³-hybridized carbons (Fsp3) is 0.571. The molecule has 4 nitrogen and oxygen atoms in total. The molecule has 1 aromatic rings. The Hall–Kier alpha value is -0.910. The lowest BCUT2D eigenvalue weighted by molar-refractivity contribution is -0.108. The quantitative estimate of drug-likeness (QED) is 0.838. The number of benzene rings is 1. The van der Waals surface area contributed by atoms with E-state index < -0.39 is 10.0 Å². The van der Waals surface area contributed by atoms with Crippen molar-refractivity contribution in [2.45, 2.75) is 43.9 Å². The van der Waals surface area contributed by atoms with Crippen LogP contribution < -0.4 is 0 Å². The van der Waals surface area contributed by atoms with E-state index in [-0.39, 0.29) is 5.41 Å². The van der Waals surface area contributed by atoms with Gasteiger partial charge in [0.05, 0.1) is 11.5 Å². The molecule has 1 saturated heterocycles. The van der Waals surface area contributed by atoms with E-state index in [1.165, 1.54) is 0 Å². The number of sulfonamides is 1. The van der Waals surface area contributed by atoms with Crippen LogP contribution in [0.4, 0.5) is 0 Å². The summed E-state index contributed by atoms with van der Waals surface area (Å²) in [4.78, 5) is 5.53. The minimum absolute atomic E-state index is 0.0178. The highest BCUT2D eigenvalue weighted by atomic mass is 32.2. The zero-order valence-corrected chi connectivity index (χ0v) is 12.5. The summed E-state index contributed by atoms with van der Waals surface area (Å²) >= 11 is 0. The number of hydrogen-bond acceptors (Lipinski definition) is 3. The van der Waals surface area contributed by atoms with Crippen molar-refractivity contribution < 1.29 is 13.3 Å². The molecule has 1 heterocycles. The summed E-state index contributed by atoms with van der Waals surface area (Å²) in [6.07, 6.45) is 1.76. The molecule has 0 aliphatic carbocycles. The maximum absolute atomic E-state index is 12.3. The van der Waals surface area contributed by atoms with Crippen LogP contribution in [-0.2, 0) is 20.3 Å². The number of hydrogen-bond donors (Lipinski definition) is 0. The molecule has 106 valence electrons. The number of rotatable bonds is 2. The lowest BCUT2D eigenvalue weighted by Crippen LogP contribution is -2.35. The second kappa shape index (κ2) is 5.23. The van der Waals surface area contributed by atoms with E-state index in [4.69, 9.17) is 4.84 Å². The van der Waals surface area contributed by atoms with Crippen LogP contribution >= 0.6 is 0 Å². The average molecular weight is 283 g/mol. The van der Waals surface area contributed by atoms with Crippen LogP contribution in [0.3, 0.4) is 0 Å². The molecular weight excluding hydrogens is 262 g/mol. The van der Waals surface area contributed by atoms with Crippen LogP contribution in [0.15, 0.2) is 29.2 Å². The highest BCUT2D eigenvalue weighted by molar-refractivity contribution is 7.89. The topological polar surface area (TPSA) is 46.6 Å². The number of nitrogens with zero attached hydrogens (tertiary/aromatic N) is 1. The molecule has 19 heavy (non-hydrogen) atoms. The van der Waals surface area contributed by atoms with Gasteiger partial charge in [0.1, 0.15) is 0 Å². The van der Waals surface area contributed by atoms with E-state index in [0.717, 1.165) is 22.9 Å². The Morgan fingerprint density at radius 2 is 1.74 bits per heavy atom. The third kappa shape index (κ3) is 3.16. The normalized spacial score (nSPS) is 18.5. The number of hydroxylamine groups is 1. The molecule has 1 fully saturated rings. The zero-order valence-electron chi connectivity index (χ0n) is 11.7. The first-order chi connectivity index (χ1) is 8.82. The van der Waals surface area contributed by atoms with Gasteiger partial charge in [-0.15, -0.1) is 0 Å². The standard InChI is InChI=1S/C14H21NO3S/c1-14(2,3)12-6-8-13(9-7-12)19(16,17)15-10-4-5-11-18-15/h6-9H,4-5,10-11H2,1-3H3. The highest BCUT2D eigenvalue weighted by Gasteiger charge is 2.27. The van der Waals surface area contributed by atoms with Crippen LogP contribution in [0, 0.1) is 0 Å². The predicted octanol–water partition coefficient (Wildman–Crippen LogP) is 2.70. The predicted molar refractivity (Wildman–Crippen MR) is 74.2 cm³/mol. The van der Waals surface area contributed by atoms with Gasteiger partial charge in [0.15, 0.2) is 0 Å². The van der Waals surface area contributed by atoms with Crippen molar-refractivity contribution in [2.24, 2.45) is 0 Å². The SMILES string of the molecule is CC(C)(C)c1ccc(S(=O)(=O)N2CCCCO2)cc1. The summed E-state index contributed by atoms with van der Waals surface area (Å²) in [7, 11) is -3.51. The maximum atomic E-state index is 12.3. The Bertz CT molecular complexity index is 523. The molecule has 0 aromatic heterocycles. The second-order valence-corrected chi connectivity index (χ2v) is 7.67. The third-order valence-corrected chi connectivity index (χ3v) is 4.95. The van der Waals surface area contributed by atoms with Gasteiger partial charge in [-0.05, 0) is 36.0 Å². The molecule has 0 atom stereocenters. The average Bonchev–Trinajstić information content (AvgIpc) is 2.39. The molecule has 0 spiro atoms. The molecule has 1 aliphatic heterocycles. The van der Waals surface area contributed by atoms with Crippen molar-refractivity contribution in [3.63, 3.8) is 0 Å². The van der Waals surface area contributed by atoms with Gasteiger partial charge in [0.2, 0.25) is 0 Å². The summed E-state index contributed by atoms with van der Waals surface area (Å²) in [5, 5.41) is 0. The highest BCUT2D eigenvalue weighted by Crippen LogP contribution is 2.25. The van der Waals surface area contributed by atoms with Crippen LogP contribution in [0.5, 0.6) is 0 Å². The van der Waals surface area contributed by atoms with Gasteiger partial charge < -0.3 is 0 Å². The van der Waals surface area contributed by atoms with E-state index in [9.17, 15) is 8.42 Å². The summed E-state index contributed by atoms with van der Waals surface area (Å²) in [6.45, 7) is 7.21. The molecule has 0 saturated carbocycles. The van der Waals surface area contributed by atoms with E-state index in [1.807, 2.05) is 12.1 Å². The summed E-state index contributed by atoms with van der Waals surface area (Å²) < 4.78 is 25.8. The van der Waals surface area contributed by atoms with Gasteiger partial charge in [0, 0.05) is 6.54 Å². The van der Waals surface area contributed by atoms with Crippen LogP contribution in [0.1, 0.15) is 39.2 Å². The molecule has 0 bridgehead atoms. The van der Waals surface area contributed by atoms with E-state index >= 15 is 0 Å². The van der Waals surface area contributed by atoms with Crippen LogP contribution in [0.2, 0.25) is 0 Å². The van der Waals surface area contributed by atoms with Crippen LogP contribution in [-0.4, -0.2) is 26.0 Å². The monoisotopic (exact) mass is 283 g/mol. The Labute approximate surface area is 115 Å². The fourth-order valence-electron chi connectivity index (χ4n) is 2.01. The van der Waals surface area contributed by atoms with Gasteiger partial charge >= 0.3 is 0 Å². The molecule has 0 unspecified atom stereocenters. The first-order valence-electron chi connectivity index (χ1n) is 6.58. The molecule has 1 aliphatic rings. The Balaban J connectivity index is 2.26. The maximum Gasteiger partial charge on any atom is 0.265 e. The van der Waals surface area contributed by atoms with Crippen molar-refractivity contribution in [3.05, 3.63) is 29.8 Å². The summed E-state index contributed by atoms with van der Waals surface area (Å²) in [6, 6.07) is 7.06. The van der Waals surface area contributed by atoms with Gasteiger partial charge in [-0.1, -0.05) is 37.4 Å². The minimum Gasteiger partial charge on any atom is -0.284 e. The fourth-order valence-corrected chi connectivity index (χ4v) is 3.31. The first-order valence-corrected chi connectivity index (χ1v) is 8.02. The van der Waals surface area contributed by atoms with E-state index in [1.54, 1.807) is 12.1 Å². The molecular formula is C14H21NO3S. The van der Waals surface area contributed by atoms with Crippen molar-refractivity contribution in [1.29, 1.82) is 0 Å². The van der Waals surface area contributed by atoms with Gasteiger partial charge in [-0.3, -0.25) is 4.84 Å². The lowest BCUT2D eigenvalue weighted by Gasteiger charge is -2.25. The smallest absolute Gasteiger partial charge is 0.265 e. The van der Waals surface area contributed by atoms with Crippen molar-refractivity contribution in [1.82, 2.24) is 4.47 Å². The van der Waals surface area contributed by atoms with E-state index in [0.29, 0.717) is 18.0 Å². The molecule has 0 N–H and O–H groups in total. The largest absolute Gasteiger partial charge is 0.284 e. The minimum atomic E-state index is -3.51. The van der Waals surface area contributed by atoms with Crippen molar-refractivity contribution in [2.75, 3.05) is 13.2 Å². The summed E-state index contributed by atoms with van der Waals surface area (Å²) in [5.41, 5.74) is 1.13. The Morgan fingerprint density at radius 1 is 1.11 bits per heavy atom. The van der Waals surface area contributed by atoms with Gasteiger partial charge in [0.25, 0.3) is 10.0 Å². The molecule has 2 rings (SSSR count). The first kappa shape index (κ1) is 14.5. The molecule has 0 amide bonds. The summed E-state index contributed by atoms with van der Waals surface area (Å²) in [5.74, 6) is 0. The van der Waals surface area contributed by atoms with Gasteiger partial charge in [-0.2, -0.15) is 0 Å². The van der Waals surface area contributed by atoms with Gasteiger partial charge in [-0.25, -0.2) is 8.42 Å². The third-order valence-electron chi connectivity index (χ3n) is 3.26. The molecule has 1 aromatic carbocycles. The Morgan fingerprint density at radius 3 is 2.21 bits per heavy atom. The second-order valence-electron chi connectivity index (χ2n) is 5.85. The Kier molecular flexibility index (Phi) is 3.99. The lowest BCUT2D eigenvalue weighted by atomic mass is 9.87. The molecule has 0 radical (unpaired) electrons. The zero-order chi connectivity index (χ0) is 14.1. The van der Waals surface area contributed by atoms with Crippen LogP contribution in [0.25, 0.3) is 0 Å². The molecule has 5 heteroatoms. The van der Waals surface area contributed by atoms with Crippen molar-refractivity contribution in [3.8, 4) is 0 Å². The van der Waals surface area contributed by atoms with Crippen molar-refractivity contribution >= 4 is 10.0 Å².